The van der Waals surface area contributed by atoms with Crippen molar-refractivity contribution in [2.24, 2.45) is 0 Å². The molecule has 1 N–H and O–H groups in total. The minimum atomic E-state index is -1.50. The number of esters is 2. The van der Waals surface area contributed by atoms with Crippen molar-refractivity contribution >= 4 is 17.9 Å². The Morgan fingerprint density at radius 3 is 0.928 bits per heavy atom. The zero-order valence-electron chi connectivity index (χ0n) is 46.8. The predicted octanol–water partition coefficient (Wildman–Crippen LogP) is 17.6. The van der Waals surface area contributed by atoms with Crippen molar-refractivity contribution in [3.05, 3.63) is 0 Å². The summed E-state index contributed by atoms with van der Waals surface area (Å²) in [6.07, 6.45) is 56.3. The van der Waals surface area contributed by atoms with Gasteiger partial charge in [-0.25, -0.2) is 4.79 Å². The van der Waals surface area contributed by atoms with Crippen LogP contribution in [0.5, 0.6) is 0 Å². The molecule has 0 aliphatic rings. The molecule has 69 heavy (non-hydrogen) atoms. The Bertz CT molecular complexity index is 1100. The van der Waals surface area contributed by atoms with E-state index in [2.05, 4.69) is 13.8 Å². The Morgan fingerprint density at radius 1 is 0.377 bits per heavy atom. The third-order valence-corrected chi connectivity index (χ3v) is 13.9. The Balaban J connectivity index is 4.05. The molecule has 0 aromatic rings. The van der Waals surface area contributed by atoms with E-state index in [9.17, 15) is 19.5 Å². The SMILES string of the molecule is CCCCCCCCCCCCCCCCCCCCCCCCCCCCCCCCC(=O)OC(COC(=O)CCCCCCCCCCCCCCCC)COC(OCC[N+](C)(C)C)C(=O)O. The fraction of sp³-hybridized carbons (Fsp3) is 0.950. The largest absolute Gasteiger partial charge is 0.477 e. The van der Waals surface area contributed by atoms with E-state index in [0.29, 0.717) is 17.4 Å². The van der Waals surface area contributed by atoms with Gasteiger partial charge in [-0.05, 0) is 12.8 Å². The third kappa shape index (κ3) is 53.9. The first kappa shape index (κ1) is 67.3. The van der Waals surface area contributed by atoms with Crippen LogP contribution in [0.15, 0.2) is 0 Å². The summed E-state index contributed by atoms with van der Waals surface area (Å²) in [4.78, 5) is 37.4. The summed E-state index contributed by atoms with van der Waals surface area (Å²) in [6, 6.07) is 0. The van der Waals surface area contributed by atoms with E-state index < -0.39 is 18.4 Å². The van der Waals surface area contributed by atoms with E-state index in [1.807, 2.05) is 21.1 Å². The van der Waals surface area contributed by atoms with E-state index in [-0.39, 0.29) is 38.2 Å². The number of carboxylic acids is 1. The maximum atomic E-state index is 12.9. The number of unbranched alkanes of at least 4 members (excludes halogenated alkanes) is 42. The minimum Gasteiger partial charge on any atom is -0.477 e. The summed E-state index contributed by atoms with van der Waals surface area (Å²) in [5.74, 6) is -1.97. The van der Waals surface area contributed by atoms with E-state index in [1.54, 1.807) is 0 Å². The van der Waals surface area contributed by atoms with Gasteiger partial charge >= 0.3 is 17.9 Å². The lowest BCUT2D eigenvalue weighted by Crippen LogP contribution is -2.40. The number of rotatable bonds is 57. The smallest absolute Gasteiger partial charge is 0.361 e. The molecule has 410 valence electrons. The van der Waals surface area contributed by atoms with Crippen LogP contribution in [0.3, 0.4) is 0 Å². The molecule has 0 saturated carbocycles. The summed E-state index contributed by atoms with van der Waals surface area (Å²) in [6.45, 7) is 4.94. The molecule has 0 aromatic carbocycles. The van der Waals surface area contributed by atoms with E-state index in [1.165, 1.54) is 244 Å². The molecule has 0 heterocycles. The Morgan fingerprint density at radius 2 is 0.652 bits per heavy atom. The summed E-state index contributed by atoms with van der Waals surface area (Å²) in [7, 11) is 5.98. The second-order valence-corrected chi connectivity index (χ2v) is 22.0. The van der Waals surface area contributed by atoms with Gasteiger partial charge in [-0.15, -0.1) is 0 Å². The second kappa shape index (κ2) is 52.6. The van der Waals surface area contributed by atoms with Gasteiger partial charge in [0.25, 0.3) is 6.29 Å². The van der Waals surface area contributed by atoms with Gasteiger partial charge in [0, 0.05) is 12.8 Å². The molecule has 0 saturated heterocycles. The lowest BCUT2D eigenvalue weighted by atomic mass is 10.0. The molecular weight excluding hydrogens is 863 g/mol. The molecular formula is C60H118NO8+. The lowest BCUT2D eigenvalue weighted by molar-refractivity contribution is -0.870. The molecule has 0 aromatic heterocycles. The number of hydrogen-bond donors (Lipinski definition) is 1. The van der Waals surface area contributed by atoms with Crippen LogP contribution in [0, 0.1) is 0 Å². The van der Waals surface area contributed by atoms with Gasteiger partial charge in [-0.3, -0.25) is 9.59 Å². The summed E-state index contributed by atoms with van der Waals surface area (Å²) >= 11 is 0. The van der Waals surface area contributed by atoms with Crippen LogP contribution in [0.25, 0.3) is 0 Å². The fourth-order valence-corrected chi connectivity index (χ4v) is 9.19. The number of ether oxygens (including phenoxy) is 4. The van der Waals surface area contributed by atoms with E-state index in [0.717, 1.165) is 38.5 Å². The molecule has 0 radical (unpaired) electrons. The molecule has 2 unspecified atom stereocenters. The number of nitrogens with zero attached hydrogens (tertiary/aromatic N) is 1. The number of quaternary nitrogens is 1. The van der Waals surface area contributed by atoms with Gasteiger partial charge in [0.1, 0.15) is 13.2 Å². The summed E-state index contributed by atoms with van der Waals surface area (Å²) in [5, 5.41) is 9.69. The zero-order chi connectivity index (χ0) is 50.6. The highest BCUT2D eigenvalue weighted by atomic mass is 16.7. The molecule has 0 aliphatic carbocycles. The number of carboxylic acid groups (broad SMARTS) is 1. The molecule has 0 bridgehead atoms. The highest BCUT2D eigenvalue weighted by molar-refractivity contribution is 5.71. The molecule has 0 spiro atoms. The number of carbonyl (C=O) groups is 3. The van der Waals surface area contributed by atoms with Gasteiger partial charge in [-0.2, -0.15) is 0 Å². The molecule has 0 rings (SSSR count). The number of aliphatic carboxylic acids is 1. The van der Waals surface area contributed by atoms with Crippen LogP contribution in [-0.4, -0.2) is 87.4 Å². The van der Waals surface area contributed by atoms with Gasteiger partial charge in [-0.1, -0.05) is 284 Å². The van der Waals surface area contributed by atoms with Crippen molar-refractivity contribution in [1.29, 1.82) is 0 Å². The topological polar surface area (TPSA) is 108 Å². The minimum absolute atomic E-state index is 0.173. The van der Waals surface area contributed by atoms with Crippen LogP contribution in [0.1, 0.15) is 309 Å². The zero-order valence-corrected chi connectivity index (χ0v) is 46.8. The quantitative estimate of drug-likeness (QED) is 0.0278. The number of likely N-dealkylation sites (N-methyl/N-ethyl adjacent to an activating group) is 1. The third-order valence-electron chi connectivity index (χ3n) is 13.9. The van der Waals surface area contributed by atoms with Crippen LogP contribution < -0.4 is 0 Å². The van der Waals surface area contributed by atoms with Gasteiger partial charge in [0.2, 0.25) is 0 Å². The molecule has 9 heteroatoms. The standard InChI is InChI=1S/C60H117NO8/c1-6-8-10-12-14-16-18-20-22-23-24-25-26-27-28-29-30-31-32-33-34-35-36-37-39-41-43-45-47-49-51-58(63)69-56(55-68-60(59(64)65)66-53-52-61(3,4)5)54-67-57(62)50-48-46-44-42-40-38-21-19-17-15-13-11-9-7-2/h56,60H,6-55H2,1-5H3/p+1. The molecule has 0 aliphatic heterocycles. The van der Waals surface area contributed by atoms with E-state index in [4.69, 9.17) is 18.9 Å². The number of hydrogen-bond acceptors (Lipinski definition) is 7. The van der Waals surface area contributed by atoms with Crippen LogP contribution >= 0.6 is 0 Å². The maximum absolute atomic E-state index is 12.9. The molecule has 2 atom stereocenters. The second-order valence-electron chi connectivity index (χ2n) is 22.0. The van der Waals surface area contributed by atoms with Crippen molar-refractivity contribution in [1.82, 2.24) is 0 Å². The van der Waals surface area contributed by atoms with Crippen molar-refractivity contribution in [3.8, 4) is 0 Å². The van der Waals surface area contributed by atoms with Crippen molar-refractivity contribution in [2.75, 3.05) is 47.5 Å². The summed E-state index contributed by atoms with van der Waals surface area (Å²) < 4.78 is 22.9. The van der Waals surface area contributed by atoms with Gasteiger partial charge in [0.05, 0.1) is 34.4 Å². The predicted molar refractivity (Wildman–Crippen MR) is 291 cm³/mol. The highest BCUT2D eigenvalue weighted by Gasteiger charge is 2.25. The molecule has 0 amide bonds. The van der Waals surface area contributed by atoms with Crippen molar-refractivity contribution in [3.63, 3.8) is 0 Å². The van der Waals surface area contributed by atoms with Gasteiger partial charge in [0.15, 0.2) is 6.10 Å². The normalized spacial score (nSPS) is 12.7. The lowest BCUT2D eigenvalue weighted by Gasteiger charge is -2.25. The Kier molecular flexibility index (Phi) is 51.3. The van der Waals surface area contributed by atoms with Gasteiger partial charge < -0.3 is 28.5 Å². The molecule has 9 nitrogen and oxygen atoms in total. The Labute approximate surface area is 428 Å². The van der Waals surface area contributed by atoms with Crippen LogP contribution in [0.2, 0.25) is 0 Å². The van der Waals surface area contributed by atoms with Crippen LogP contribution in [0.4, 0.5) is 0 Å². The highest BCUT2D eigenvalue weighted by Crippen LogP contribution is 2.18. The van der Waals surface area contributed by atoms with Crippen molar-refractivity contribution < 1.29 is 42.9 Å². The maximum Gasteiger partial charge on any atom is 0.361 e. The Hall–Kier alpha value is -1.71. The first-order chi connectivity index (χ1) is 33.6. The fourth-order valence-electron chi connectivity index (χ4n) is 9.19. The monoisotopic (exact) mass is 981 g/mol. The average molecular weight is 982 g/mol. The first-order valence-electron chi connectivity index (χ1n) is 30.2. The number of carbonyl (C=O) groups excluding carboxylic acids is 2. The summed E-state index contributed by atoms with van der Waals surface area (Å²) in [5.41, 5.74) is 0. The van der Waals surface area contributed by atoms with Crippen molar-refractivity contribution in [2.45, 2.75) is 322 Å². The average Bonchev–Trinajstić information content (AvgIpc) is 3.31. The molecule has 0 fully saturated rings. The van der Waals surface area contributed by atoms with Crippen LogP contribution in [-0.2, 0) is 33.3 Å². The first-order valence-corrected chi connectivity index (χ1v) is 30.2. The van der Waals surface area contributed by atoms with E-state index >= 15 is 0 Å².